The van der Waals surface area contributed by atoms with Crippen molar-refractivity contribution in [1.82, 2.24) is 24.5 Å². The number of para-hydroxylation sites is 1. The first kappa shape index (κ1) is 21.5. The molecule has 1 saturated heterocycles. The van der Waals surface area contributed by atoms with E-state index in [1.807, 2.05) is 31.7 Å². The number of rotatable bonds is 4. The van der Waals surface area contributed by atoms with Crippen LogP contribution in [0.25, 0.3) is 5.78 Å². The molecule has 0 N–H and O–H groups in total. The normalized spacial score (nSPS) is 16.0. The maximum absolute atomic E-state index is 13.2. The molecule has 1 aliphatic heterocycles. The molecule has 4 rings (SSSR count). The average Bonchev–Trinajstić information content (AvgIpc) is 3.27. The van der Waals surface area contributed by atoms with Crippen molar-refractivity contribution in [3.8, 4) is 11.5 Å². The molecule has 0 saturated carbocycles. The van der Waals surface area contributed by atoms with Gasteiger partial charge in [0.25, 0.3) is 11.7 Å². The lowest BCUT2D eigenvalue weighted by Crippen LogP contribution is -2.39. The average molecular weight is 412 g/mol. The molecule has 1 amide bonds. The Morgan fingerprint density at radius 1 is 1.20 bits per heavy atom. The highest BCUT2D eigenvalue weighted by atomic mass is 16.5. The number of likely N-dealkylation sites (tertiary alicyclic amines) is 1. The van der Waals surface area contributed by atoms with E-state index in [-0.39, 0.29) is 11.8 Å². The van der Waals surface area contributed by atoms with E-state index < -0.39 is 0 Å². The van der Waals surface area contributed by atoms with Crippen LogP contribution in [0.3, 0.4) is 0 Å². The quantitative estimate of drug-likeness (QED) is 0.654. The van der Waals surface area contributed by atoms with Gasteiger partial charge in [0, 0.05) is 24.7 Å². The third kappa shape index (κ3) is 4.08. The van der Waals surface area contributed by atoms with E-state index >= 15 is 0 Å². The molecular weight excluding hydrogens is 382 g/mol. The van der Waals surface area contributed by atoms with E-state index in [1.54, 1.807) is 36.9 Å². The van der Waals surface area contributed by atoms with Crippen molar-refractivity contribution in [2.75, 3.05) is 27.3 Å². The van der Waals surface area contributed by atoms with Crippen LogP contribution in [0.4, 0.5) is 0 Å². The molecule has 3 heterocycles. The SMILES string of the molecule is CC.COc1cccc(C(=O)N2CCCC(c3cc(C)nc4ncnn34)C2)c1OC. The summed E-state index contributed by atoms with van der Waals surface area (Å²) < 4.78 is 12.6. The third-order valence-electron chi connectivity index (χ3n) is 5.17. The summed E-state index contributed by atoms with van der Waals surface area (Å²) in [6.07, 6.45) is 3.41. The second-order valence-corrected chi connectivity index (χ2v) is 6.93. The molecule has 1 atom stereocenters. The van der Waals surface area contributed by atoms with Crippen molar-refractivity contribution in [3.05, 3.63) is 47.5 Å². The van der Waals surface area contributed by atoms with Crippen molar-refractivity contribution in [2.24, 2.45) is 0 Å². The van der Waals surface area contributed by atoms with Crippen LogP contribution in [-0.2, 0) is 0 Å². The number of carbonyl (C=O) groups is 1. The predicted molar refractivity (Wildman–Crippen MR) is 114 cm³/mol. The largest absolute Gasteiger partial charge is 0.493 e. The van der Waals surface area contributed by atoms with Crippen LogP contribution in [0.15, 0.2) is 30.6 Å². The number of hydrogen-bond acceptors (Lipinski definition) is 6. The molecule has 30 heavy (non-hydrogen) atoms. The van der Waals surface area contributed by atoms with Gasteiger partial charge < -0.3 is 14.4 Å². The number of fused-ring (bicyclic) bond motifs is 1. The van der Waals surface area contributed by atoms with Gasteiger partial charge in [0.2, 0.25) is 0 Å². The van der Waals surface area contributed by atoms with Crippen LogP contribution in [0.2, 0.25) is 0 Å². The first-order chi connectivity index (χ1) is 14.6. The summed E-state index contributed by atoms with van der Waals surface area (Å²) in [6, 6.07) is 7.41. The van der Waals surface area contributed by atoms with Crippen molar-refractivity contribution >= 4 is 11.7 Å². The minimum absolute atomic E-state index is 0.0546. The van der Waals surface area contributed by atoms with E-state index in [0.29, 0.717) is 35.9 Å². The van der Waals surface area contributed by atoms with E-state index in [4.69, 9.17) is 9.47 Å². The zero-order valence-corrected chi connectivity index (χ0v) is 18.3. The molecule has 0 bridgehead atoms. The maximum atomic E-state index is 13.2. The molecule has 8 nitrogen and oxygen atoms in total. The molecule has 8 heteroatoms. The fourth-order valence-corrected chi connectivity index (χ4v) is 3.88. The van der Waals surface area contributed by atoms with E-state index in [1.165, 1.54) is 6.33 Å². The number of methoxy groups -OCH3 is 2. The standard InChI is InChI=1S/C20H23N5O3.C2H6/c1-13-10-16(25-20(23-13)21-12-22-25)14-6-5-9-24(11-14)19(26)15-7-4-8-17(27-2)18(15)28-3;1-2/h4,7-8,10,12,14H,5-6,9,11H2,1-3H3;1-2H3. The van der Waals surface area contributed by atoms with Gasteiger partial charge in [-0.25, -0.2) is 9.50 Å². The summed E-state index contributed by atoms with van der Waals surface area (Å²) in [5, 5.41) is 4.32. The van der Waals surface area contributed by atoms with Gasteiger partial charge in [-0.05, 0) is 38.0 Å². The Morgan fingerprint density at radius 2 is 2.00 bits per heavy atom. The predicted octanol–water partition coefficient (Wildman–Crippen LogP) is 3.50. The maximum Gasteiger partial charge on any atom is 0.257 e. The Morgan fingerprint density at radius 3 is 2.73 bits per heavy atom. The van der Waals surface area contributed by atoms with E-state index in [9.17, 15) is 4.79 Å². The van der Waals surface area contributed by atoms with Crippen molar-refractivity contribution in [3.63, 3.8) is 0 Å². The summed E-state index contributed by atoms with van der Waals surface area (Å²) in [7, 11) is 3.12. The van der Waals surface area contributed by atoms with Gasteiger partial charge in [0.15, 0.2) is 11.5 Å². The fraction of sp³-hybridized carbons (Fsp3) is 0.455. The first-order valence-corrected chi connectivity index (χ1v) is 10.3. The highest BCUT2D eigenvalue weighted by Crippen LogP contribution is 2.33. The topological polar surface area (TPSA) is 81.9 Å². The Balaban J connectivity index is 0.00000124. The number of aromatic nitrogens is 4. The van der Waals surface area contributed by atoms with Gasteiger partial charge in [-0.3, -0.25) is 4.79 Å². The fourth-order valence-electron chi connectivity index (χ4n) is 3.88. The molecule has 0 radical (unpaired) electrons. The second kappa shape index (κ2) is 9.56. The molecule has 160 valence electrons. The smallest absolute Gasteiger partial charge is 0.257 e. The van der Waals surface area contributed by atoms with Crippen LogP contribution >= 0.6 is 0 Å². The monoisotopic (exact) mass is 411 g/mol. The number of aryl methyl sites for hydroxylation is 1. The molecule has 3 aromatic rings. The number of carbonyl (C=O) groups excluding carboxylic acids is 1. The zero-order chi connectivity index (χ0) is 21.7. The van der Waals surface area contributed by atoms with Gasteiger partial charge in [-0.2, -0.15) is 10.1 Å². The van der Waals surface area contributed by atoms with Gasteiger partial charge in [-0.1, -0.05) is 19.9 Å². The zero-order valence-electron chi connectivity index (χ0n) is 18.3. The molecular formula is C22H29N5O3. The minimum atomic E-state index is -0.0546. The molecule has 1 fully saturated rings. The van der Waals surface area contributed by atoms with Crippen LogP contribution in [0.1, 0.15) is 54.4 Å². The number of ether oxygens (including phenoxy) is 2. The van der Waals surface area contributed by atoms with E-state index in [2.05, 4.69) is 15.1 Å². The van der Waals surface area contributed by atoms with Crippen molar-refractivity contribution < 1.29 is 14.3 Å². The number of amides is 1. The molecule has 1 aliphatic rings. The third-order valence-corrected chi connectivity index (χ3v) is 5.17. The molecule has 2 aromatic heterocycles. The second-order valence-electron chi connectivity index (χ2n) is 6.93. The molecule has 1 aromatic carbocycles. The van der Waals surface area contributed by atoms with Gasteiger partial charge >= 0.3 is 0 Å². The van der Waals surface area contributed by atoms with Crippen LogP contribution in [-0.4, -0.2) is 57.7 Å². The number of benzene rings is 1. The summed E-state index contributed by atoms with van der Waals surface area (Å²) in [6.45, 7) is 7.27. The van der Waals surface area contributed by atoms with Gasteiger partial charge in [0.1, 0.15) is 6.33 Å². The number of nitrogens with zero attached hydrogens (tertiary/aromatic N) is 5. The minimum Gasteiger partial charge on any atom is -0.493 e. The Bertz CT molecular complexity index is 1020. The lowest BCUT2D eigenvalue weighted by atomic mass is 9.93. The molecule has 1 unspecified atom stereocenters. The van der Waals surface area contributed by atoms with Crippen LogP contribution < -0.4 is 9.47 Å². The number of piperidine rings is 1. The van der Waals surface area contributed by atoms with Gasteiger partial charge in [-0.15, -0.1) is 0 Å². The highest BCUT2D eigenvalue weighted by molar-refractivity contribution is 5.98. The Hall–Kier alpha value is -3.16. The van der Waals surface area contributed by atoms with Crippen LogP contribution in [0, 0.1) is 6.92 Å². The van der Waals surface area contributed by atoms with Crippen molar-refractivity contribution in [2.45, 2.75) is 39.5 Å². The summed E-state index contributed by atoms with van der Waals surface area (Å²) in [4.78, 5) is 23.7. The van der Waals surface area contributed by atoms with Crippen LogP contribution in [0.5, 0.6) is 11.5 Å². The van der Waals surface area contributed by atoms with E-state index in [0.717, 1.165) is 24.2 Å². The Labute approximate surface area is 176 Å². The summed E-state index contributed by atoms with van der Waals surface area (Å²) in [5.74, 6) is 1.72. The summed E-state index contributed by atoms with van der Waals surface area (Å²) >= 11 is 0. The van der Waals surface area contributed by atoms with Gasteiger partial charge in [0.05, 0.1) is 25.5 Å². The molecule has 0 aliphatic carbocycles. The number of hydrogen-bond donors (Lipinski definition) is 0. The lowest BCUT2D eigenvalue weighted by molar-refractivity contribution is 0.0701. The lowest BCUT2D eigenvalue weighted by Gasteiger charge is -2.33. The van der Waals surface area contributed by atoms with Crippen molar-refractivity contribution in [1.29, 1.82) is 0 Å². The first-order valence-electron chi connectivity index (χ1n) is 10.3. The summed E-state index contributed by atoms with van der Waals surface area (Å²) in [5.41, 5.74) is 2.45. The Kier molecular flexibility index (Phi) is 6.87. The highest BCUT2D eigenvalue weighted by Gasteiger charge is 2.29. The molecule has 0 spiro atoms.